The van der Waals surface area contributed by atoms with Crippen LogP contribution in [0.2, 0.25) is 0 Å². The second-order valence-electron chi connectivity index (χ2n) is 6.53. The lowest BCUT2D eigenvalue weighted by Crippen LogP contribution is -2.53. The summed E-state index contributed by atoms with van der Waals surface area (Å²) in [5, 5.41) is 4.94. The molecule has 0 spiro atoms. The van der Waals surface area contributed by atoms with Crippen LogP contribution in [0.15, 0.2) is 23.1 Å². The van der Waals surface area contributed by atoms with E-state index in [0.29, 0.717) is 31.6 Å². The van der Waals surface area contributed by atoms with Crippen molar-refractivity contribution in [3.8, 4) is 0 Å². The van der Waals surface area contributed by atoms with Crippen LogP contribution in [-0.4, -0.2) is 57.0 Å². The number of aryl methyl sites for hydroxylation is 2. The van der Waals surface area contributed by atoms with E-state index in [1.54, 1.807) is 19.1 Å². The van der Waals surface area contributed by atoms with E-state index in [0.717, 1.165) is 5.56 Å². The van der Waals surface area contributed by atoms with Crippen LogP contribution in [-0.2, 0) is 24.3 Å². The van der Waals surface area contributed by atoms with Gasteiger partial charge in [-0.15, -0.1) is 0 Å². The maximum atomic E-state index is 13.1. The molecule has 150 valence electrons. The molecule has 9 heteroatoms. The Balaban J connectivity index is 2.13. The largest absolute Gasteiger partial charge is 0.360 e. The summed E-state index contributed by atoms with van der Waals surface area (Å²) in [6.07, 6.45) is 0.421. The fourth-order valence-electron chi connectivity index (χ4n) is 2.79. The maximum absolute atomic E-state index is 13.1. The minimum Gasteiger partial charge on any atom is -0.360 e. The molecule has 8 nitrogen and oxygen atoms in total. The van der Waals surface area contributed by atoms with Gasteiger partial charge in [-0.2, -0.15) is 4.31 Å². The highest BCUT2D eigenvalue weighted by atomic mass is 32.2. The van der Waals surface area contributed by atoms with Crippen molar-refractivity contribution in [1.29, 1.82) is 0 Å². The summed E-state index contributed by atoms with van der Waals surface area (Å²) in [5.41, 5.74) is 1.49. The van der Waals surface area contributed by atoms with Gasteiger partial charge in [0.1, 0.15) is 6.23 Å². The zero-order valence-electron chi connectivity index (χ0n) is 15.9. The molecule has 0 aromatic heterocycles. The van der Waals surface area contributed by atoms with Gasteiger partial charge in [0.05, 0.1) is 18.0 Å². The van der Waals surface area contributed by atoms with E-state index in [2.05, 4.69) is 10.6 Å². The van der Waals surface area contributed by atoms with Gasteiger partial charge in [-0.25, -0.2) is 8.42 Å². The zero-order valence-corrected chi connectivity index (χ0v) is 16.8. The van der Waals surface area contributed by atoms with E-state index in [1.807, 2.05) is 19.9 Å². The summed E-state index contributed by atoms with van der Waals surface area (Å²) in [4.78, 5) is 23.8. The monoisotopic (exact) mass is 397 g/mol. The molecule has 0 unspecified atom stereocenters. The van der Waals surface area contributed by atoms with Crippen molar-refractivity contribution in [3.63, 3.8) is 0 Å². The Kier molecular flexibility index (Phi) is 7.34. The number of hydrogen-bond acceptors (Lipinski definition) is 5. The normalized spacial score (nSPS) is 18.1. The molecular weight excluding hydrogens is 370 g/mol. The highest BCUT2D eigenvalue weighted by molar-refractivity contribution is 7.89. The van der Waals surface area contributed by atoms with Crippen molar-refractivity contribution in [1.82, 2.24) is 14.9 Å². The second kappa shape index (κ2) is 9.29. The number of ether oxygens (including phenoxy) is 1. The molecule has 1 saturated heterocycles. The van der Waals surface area contributed by atoms with E-state index >= 15 is 0 Å². The number of carbonyl (C=O) groups is 2. The Morgan fingerprint density at radius 1 is 1.22 bits per heavy atom. The first-order valence-electron chi connectivity index (χ1n) is 9.04. The molecule has 1 aromatic carbocycles. The number of nitrogens with zero attached hydrogens (tertiary/aromatic N) is 1. The minimum absolute atomic E-state index is 0.0948. The Labute approximate surface area is 160 Å². The molecule has 1 heterocycles. The number of benzene rings is 1. The molecule has 0 aliphatic carbocycles. The predicted molar refractivity (Wildman–Crippen MR) is 100 cm³/mol. The summed E-state index contributed by atoms with van der Waals surface area (Å²) in [6.45, 7) is 6.44. The minimum atomic E-state index is -3.79. The van der Waals surface area contributed by atoms with E-state index in [9.17, 15) is 18.0 Å². The van der Waals surface area contributed by atoms with E-state index in [1.165, 1.54) is 4.31 Å². The van der Waals surface area contributed by atoms with Crippen LogP contribution >= 0.6 is 0 Å². The first kappa shape index (κ1) is 21.3. The fraction of sp³-hybridized carbons (Fsp3) is 0.556. The third-order valence-electron chi connectivity index (χ3n) is 4.26. The number of nitrogens with one attached hydrogen (secondary N) is 2. The van der Waals surface area contributed by atoms with Crippen LogP contribution in [0.1, 0.15) is 30.9 Å². The Morgan fingerprint density at radius 2 is 1.93 bits per heavy atom. The predicted octanol–water partition coefficient (Wildman–Crippen LogP) is 0.683. The third kappa shape index (κ3) is 5.27. The Hall–Kier alpha value is -1.97. The number of carbonyl (C=O) groups excluding carboxylic acids is 2. The quantitative estimate of drug-likeness (QED) is 0.687. The van der Waals surface area contributed by atoms with E-state index in [-0.39, 0.29) is 18.0 Å². The molecule has 2 N–H and O–H groups in total. The summed E-state index contributed by atoms with van der Waals surface area (Å²) in [5.74, 6) is -1.54. The zero-order chi connectivity index (χ0) is 20.0. The number of rotatable bonds is 6. The van der Waals surface area contributed by atoms with Gasteiger partial charge in [0.25, 0.3) is 0 Å². The lowest BCUT2D eigenvalue weighted by Gasteiger charge is -2.35. The Morgan fingerprint density at radius 3 is 2.63 bits per heavy atom. The third-order valence-corrected chi connectivity index (χ3v) is 6.29. The van der Waals surface area contributed by atoms with Crippen LogP contribution in [0.5, 0.6) is 0 Å². The first-order valence-corrected chi connectivity index (χ1v) is 10.5. The average molecular weight is 397 g/mol. The van der Waals surface area contributed by atoms with Gasteiger partial charge < -0.3 is 15.4 Å². The van der Waals surface area contributed by atoms with Crippen LogP contribution in [0.4, 0.5) is 0 Å². The molecule has 0 saturated carbocycles. The molecule has 0 bridgehead atoms. The van der Waals surface area contributed by atoms with Crippen LogP contribution < -0.4 is 10.6 Å². The van der Waals surface area contributed by atoms with Crippen molar-refractivity contribution in [2.75, 3.05) is 26.2 Å². The molecule has 2 rings (SSSR count). The van der Waals surface area contributed by atoms with Gasteiger partial charge in [-0.3, -0.25) is 9.59 Å². The molecule has 1 fully saturated rings. The van der Waals surface area contributed by atoms with Crippen molar-refractivity contribution in [3.05, 3.63) is 29.3 Å². The summed E-state index contributed by atoms with van der Waals surface area (Å²) < 4.78 is 33.1. The van der Waals surface area contributed by atoms with Crippen molar-refractivity contribution < 1.29 is 22.7 Å². The maximum Gasteiger partial charge on any atom is 0.309 e. The van der Waals surface area contributed by atoms with Crippen molar-refractivity contribution in [2.45, 2.75) is 44.7 Å². The summed E-state index contributed by atoms with van der Waals surface area (Å²) in [7, 11) is -3.79. The molecule has 0 radical (unpaired) electrons. The number of sulfonamides is 1. The summed E-state index contributed by atoms with van der Waals surface area (Å²) >= 11 is 0. The standard InChI is InChI=1S/C18H27N3O5S/c1-4-8-19-17(22)18(23)20-12-16-21(9-5-10-26-16)27(24,25)15-11-13(2)6-7-14(15)3/h6-7,11,16H,4-5,8-10,12H2,1-3H3,(H,19,22)(H,20,23)/t16-/m0/s1. The van der Waals surface area contributed by atoms with Gasteiger partial charge in [0.15, 0.2) is 0 Å². The molecule has 2 amide bonds. The topological polar surface area (TPSA) is 105 Å². The lowest BCUT2D eigenvalue weighted by molar-refractivity contribution is -0.140. The Bertz CT molecular complexity index is 794. The SMILES string of the molecule is CCCNC(=O)C(=O)NC[C@@H]1OCCCN1S(=O)(=O)c1cc(C)ccc1C. The summed E-state index contributed by atoms with van der Waals surface area (Å²) in [6, 6.07) is 5.25. The van der Waals surface area contributed by atoms with E-state index in [4.69, 9.17) is 4.74 Å². The van der Waals surface area contributed by atoms with Crippen LogP contribution in [0.25, 0.3) is 0 Å². The van der Waals surface area contributed by atoms with Gasteiger partial charge >= 0.3 is 11.8 Å². The van der Waals surface area contributed by atoms with Gasteiger partial charge in [-0.1, -0.05) is 19.1 Å². The van der Waals surface area contributed by atoms with Gasteiger partial charge in [0.2, 0.25) is 10.0 Å². The van der Waals surface area contributed by atoms with Crippen molar-refractivity contribution in [2.24, 2.45) is 0 Å². The van der Waals surface area contributed by atoms with Crippen molar-refractivity contribution >= 4 is 21.8 Å². The first-order chi connectivity index (χ1) is 12.8. The highest BCUT2D eigenvalue weighted by Gasteiger charge is 2.35. The fourth-order valence-corrected chi connectivity index (χ4v) is 4.67. The second-order valence-corrected chi connectivity index (χ2v) is 8.39. The van der Waals surface area contributed by atoms with Gasteiger partial charge in [0, 0.05) is 13.1 Å². The number of amides is 2. The van der Waals surface area contributed by atoms with E-state index < -0.39 is 28.1 Å². The molecule has 1 aliphatic heterocycles. The van der Waals surface area contributed by atoms with Crippen LogP contribution in [0.3, 0.4) is 0 Å². The molecule has 1 aliphatic rings. The molecule has 1 aromatic rings. The molecule has 1 atom stereocenters. The van der Waals surface area contributed by atoms with Gasteiger partial charge in [-0.05, 0) is 43.9 Å². The highest BCUT2D eigenvalue weighted by Crippen LogP contribution is 2.25. The number of hydrogen-bond donors (Lipinski definition) is 2. The smallest absolute Gasteiger partial charge is 0.309 e. The average Bonchev–Trinajstić information content (AvgIpc) is 2.66. The lowest BCUT2D eigenvalue weighted by atomic mass is 10.2. The molecule has 27 heavy (non-hydrogen) atoms. The molecular formula is C18H27N3O5S. The van der Waals surface area contributed by atoms with Crippen LogP contribution in [0, 0.1) is 13.8 Å².